The molecule has 0 amide bonds. The van der Waals surface area contributed by atoms with E-state index in [0.29, 0.717) is 32.0 Å². The van der Waals surface area contributed by atoms with Crippen LogP contribution in [-0.4, -0.2) is 66.5 Å². The van der Waals surface area contributed by atoms with Crippen LogP contribution < -0.4 is 0 Å². The SMILES string of the molecule is COCCCN(CCOC)Cc1ncncc1C(=O)O. The predicted molar refractivity (Wildman–Crippen MR) is 72.6 cm³/mol. The van der Waals surface area contributed by atoms with Gasteiger partial charge in [0.05, 0.1) is 12.3 Å². The fourth-order valence-electron chi connectivity index (χ4n) is 1.79. The summed E-state index contributed by atoms with van der Waals surface area (Å²) in [6.45, 7) is 3.21. The van der Waals surface area contributed by atoms with Gasteiger partial charge in [-0.3, -0.25) is 4.90 Å². The van der Waals surface area contributed by atoms with Gasteiger partial charge in [-0.05, 0) is 6.42 Å². The second kappa shape index (κ2) is 9.35. The Morgan fingerprint density at radius 2 is 2.05 bits per heavy atom. The van der Waals surface area contributed by atoms with E-state index in [1.54, 1.807) is 14.2 Å². The van der Waals surface area contributed by atoms with Crippen LogP contribution in [0.3, 0.4) is 0 Å². The Morgan fingerprint density at radius 3 is 2.70 bits per heavy atom. The summed E-state index contributed by atoms with van der Waals surface area (Å²) >= 11 is 0. The molecule has 112 valence electrons. The molecule has 0 aliphatic heterocycles. The molecule has 0 aliphatic carbocycles. The Morgan fingerprint density at radius 1 is 1.30 bits per heavy atom. The van der Waals surface area contributed by atoms with Crippen molar-refractivity contribution >= 4 is 5.97 Å². The molecule has 0 aliphatic rings. The van der Waals surface area contributed by atoms with Gasteiger partial charge in [-0.1, -0.05) is 0 Å². The van der Waals surface area contributed by atoms with Gasteiger partial charge >= 0.3 is 5.97 Å². The van der Waals surface area contributed by atoms with Gasteiger partial charge in [0.2, 0.25) is 0 Å². The van der Waals surface area contributed by atoms with Gasteiger partial charge in [-0.2, -0.15) is 0 Å². The highest BCUT2D eigenvalue weighted by atomic mass is 16.5. The average molecular weight is 283 g/mol. The first-order valence-corrected chi connectivity index (χ1v) is 6.41. The molecule has 7 nitrogen and oxygen atoms in total. The Bertz CT molecular complexity index is 414. The summed E-state index contributed by atoms with van der Waals surface area (Å²) in [4.78, 5) is 21.1. The predicted octanol–water partition coefficient (Wildman–Crippen LogP) is 0.660. The van der Waals surface area contributed by atoms with Crippen molar-refractivity contribution in [3.8, 4) is 0 Å². The summed E-state index contributed by atoms with van der Waals surface area (Å²) in [5.74, 6) is -1.01. The largest absolute Gasteiger partial charge is 0.478 e. The molecule has 0 spiro atoms. The van der Waals surface area contributed by atoms with E-state index < -0.39 is 5.97 Å². The highest BCUT2D eigenvalue weighted by Crippen LogP contribution is 2.08. The molecular weight excluding hydrogens is 262 g/mol. The summed E-state index contributed by atoms with van der Waals surface area (Å²) in [5, 5.41) is 9.13. The summed E-state index contributed by atoms with van der Waals surface area (Å²) in [7, 11) is 3.30. The highest BCUT2D eigenvalue weighted by molar-refractivity contribution is 5.88. The quantitative estimate of drug-likeness (QED) is 0.631. The molecule has 7 heteroatoms. The van der Waals surface area contributed by atoms with E-state index in [9.17, 15) is 4.79 Å². The molecule has 20 heavy (non-hydrogen) atoms. The van der Waals surface area contributed by atoms with Crippen LogP contribution in [0.5, 0.6) is 0 Å². The molecule has 0 aromatic carbocycles. The van der Waals surface area contributed by atoms with Crippen LogP contribution in [0.4, 0.5) is 0 Å². The summed E-state index contributed by atoms with van der Waals surface area (Å²) in [6, 6.07) is 0. The second-order valence-corrected chi connectivity index (χ2v) is 4.30. The topological polar surface area (TPSA) is 84.8 Å². The van der Waals surface area contributed by atoms with Gasteiger partial charge in [0, 0.05) is 46.7 Å². The fourth-order valence-corrected chi connectivity index (χ4v) is 1.79. The Balaban J connectivity index is 2.69. The Kier molecular flexibility index (Phi) is 7.71. The van der Waals surface area contributed by atoms with Crippen LogP contribution in [0.25, 0.3) is 0 Å². The summed E-state index contributed by atoms with van der Waals surface area (Å²) in [6.07, 6.45) is 3.56. The van der Waals surface area contributed by atoms with Gasteiger partial charge in [0.25, 0.3) is 0 Å². The molecule has 1 heterocycles. The van der Waals surface area contributed by atoms with Crippen LogP contribution in [0.2, 0.25) is 0 Å². The number of carboxylic acids is 1. The maximum absolute atomic E-state index is 11.1. The molecule has 0 atom stereocenters. The molecule has 1 N–H and O–H groups in total. The second-order valence-electron chi connectivity index (χ2n) is 4.30. The number of methoxy groups -OCH3 is 2. The van der Waals surface area contributed by atoms with Gasteiger partial charge in [0.1, 0.15) is 11.9 Å². The van der Waals surface area contributed by atoms with E-state index in [0.717, 1.165) is 13.0 Å². The first-order valence-electron chi connectivity index (χ1n) is 6.41. The number of hydrogen-bond acceptors (Lipinski definition) is 6. The first-order chi connectivity index (χ1) is 9.69. The summed E-state index contributed by atoms with van der Waals surface area (Å²) in [5.41, 5.74) is 0.655. The molecule has 1 aromatic rings. The summed E-state index contributed by atoms with van der Waals surface area (Å²) < 4.78 is 10.1. The standard InChI is InChI=1S/C13H21N3O4/c1-19-6-3-4-16(5-7-20-2)9-12-11(13(17)18)8-14-10-15-12/h8,10H,3-7,9H2,1-2H3,(H,17,18). The van der Waals surface area contributed by atoms with Crippen molar-refractivity contribution < 1.29 is 19.4 Å². The molecule has 0 saturated heterocycles. The lowest BCUT2D eigenvalue weighted by atomic mass is 10.2. The van der Waals surface area contributed by atoms with Crippen LogP contribution in [-0.2, 0) is 16.0 Å². The normalized spacial score (nSPS) is 10.9. The van der Waals surface area contributed by atoms with E-state index in [4.69, 9.17) is 14.6 Å². The van der Waals surface area contributed by atoms with Crippen LogP contribution in [0, 0.1) is 0 Å². The Hall–Kier alpha value is -1.57. The lowest BCUT2D eigenvalue weighted by Gasteiger charge is -2.21. The van der Waals surface area contributed by atoms with Gasteiger partial charge in [0.15, 0.2) is 0 Å². The molecule has 1 aromatic heterocycles. The zero-order chi connectivity index (χ0) is 14.8. The van der Waals surface area contributed by atoms with Crippen molar-refractivity contribution in [1.29, 1.82) is 0 Å². The molecule has 0 fully saturated rings. The number of carbonyl (C=O) groups is 1. The van der Waals surface area contributed by atoms with Crippen molar-refractivity contribution in [2.75, 3.05) is 40.5 Å². The molecule has 0 unspecified atom stereocenters. The molecule has 0 bridgehead atoms. The van der Waals surface area contributed by atoms with Crippen molar-refractivity contribution in [2.45, 2.75) is 13.0 Å². The van der Waals surface area contributed by atoms with Crippen LogP contribution in [0.15, 0.2) is 12.5 Å². The first kappa shape index (κ1) is 16.5. The average Bonchev–Trinajstić information content (AvgIpc) is 2.45. The number of ether oxygens (including phenoxy) is 2. The molecular formula is C13H21N3O4. The lowest BCUT2D eigenvalue weighted by Crippen LogP contribution is -2.30. The van der Waals surface area contributed by atoms with E-state index in [1.165, 1.54) is 12.5 Å². The smallest absolute Gasteiger partial charge is 0.339 e. The highest BCUT2D eigenvalue weighted by Gasteiger charge is 2.14. The van der Waals surface area contributed by atoms with Gasteiger partial charge < -0.3 is 14.6 Å². The van der Waals surface area contributed by atoms with Crippen molar-refractivity contribution in [1.82, 2.24) is 14.9 Å². The molecule has 0 radical (unpaired) electrons. The third-order valence-electron chi connectivity index (χ3n) is 2.83. The monoisotopic (exact) mass is 283 g/mol. The third kappa shape index (κ3) is 5.60. The van der Waals surface area contributed by atoms with Gasteiger partial charge in [-0.25, -0.2) is 14.8 Å². The molecule has 1 rings (SSSR count). The zero-order valence-corrected chi connectivity index (χ0v) is 11.9. The van der Waals surface area contributed by atoms with E-state index >= 15 is 0 Å². The van der Waals surface area contributed by atoms with Crippen LogP contribution in [0.1, 0.15) is 22.5 Å². The number of aromatic nitrogens is 2. The van der Waals surface area contributed by atoms with Crippen molar-refractivity contribution in [3.05, 3.63) is 23.8 Å². The number of carboxylic acid groups (broad SMARTS) is 1. The number of aromatic carboxylic acids is 1. The fraction of sp³-hybridized carbons (Fsp3) is 0.615. The molecule has 0 saturated carbocycles. The van der Waals surface area contributed by atoms with Gasteiger partial charge in [-0.15, -0.1) is 0 Å². The Labute approximate surface area is 118 Å². The maximum atomic E-state index is 11.1. The lowest BCUT2D eigenvalue weighted by molar-refractivity contribution is 0.0692. The minimum atomic E-state index is -1.01. The maximum Gasteiger partial charge on any atom is 0.339 e. The minimum Gasteiger partial charge on any atom is -0.478 e. The van der Waals surface area contributed by atoms with E-state index in [-0.39, 0.29) is 5.56 Å². The van der Waals surface area contributed by atoms with Crippen LogP contribution >= 0.6 is 0 Å². The number of hydrogen-bond donors (Lipinski definition) is 1. The third-order valence-corrected chi connectivity index (χ3v) is 2.83. The number of rotatable bonds is 10. The van der Waals surface area contributed by atoms with Crippen molar-refractivity contribution in [2.24, 2.45) is 0 Å². The number of nitrogens with zero attached hydrogens (tertiary/aromatic N) is 3. The van der Waals surface area contributed by atoms with E-state index in [1.807, 2.05) is 0 Å². The van der Waals surface area contributed by atoms with E-state index in [2.05, 4.69) is 14.9 Å². The zero-order valence-electron chi connectivity index (χ0n) is 11.9. The minimum absolute atomic E-state index is 0.140. The van der Waals surface area contributed by atoms with Crippen molar-refractivity contribution in [3.63, 3.8) is 0 Å².